The van der Waals surface area contributed by atoms with Crippen molar-refractivity contribution in [3.63, 3.8) is 0 Å². The summed E-state index contributed by atoms with van der Waals surface area (Å²) < 4.78 is 0. The van der Waals surface area contributed by atoms with E-state index in [2.05, 4.69) is 39.8 Å². The highest BCUT2D eigenvalue weighted by atomic mass is 14.6. The third kappa shape index (κ3) is 1.75. The molecule has 1 fully saturated rings. The molecule has 0 aliphatic heterocycles. The lowest BCUT2D eigenvalue weighted by atomic mass is 9.70. The van der Waals surface area contributed by atoms with E-state index in [9.17, 15) is 0 Å². The summed E-state index contributed by atoms with van der Waals surface area (Å²) in [4.78, 5) is 0. The van der Waals surface area contributed by atoms with Gasteiger partial charge in [0.15, 0.2) is 0 Å². The number of hydrogen-bond acceptors (Lipinski definition) is 0. The predicted molar refractivity (Wildman–Crippen MR) is 71.4 cm³/mol. The standard InChI is InChI=1S/C16H28/c1-5-6-7-8-9-13-12-16(4)11-10-14(13)15(16,2)3/h10-11,13-14H,5-9,12H2,1-4H3. The van der Waals surface area contributed by atoms with Gasteiger partial charge in [-0.15, -0.1) is 0 Å². The van der Waals surface area contributed by atoms with Crippen molar-refractivity contribution in [2.75, 3.05) is 0 Å². The molecule has 0 amide bonds. The zero-order valence-corrected chi connectivity index (χ0v) is 11.6. The van der Waals surface area contributed by atoms with Crippen LogP contribution in [-0.2, 0) is 0 Å². The van der Waals surface area contributed by atoms with E-state index in [4.69, 9.17) is 0 Å². The van der Waals surface area contributed by atoms with Crippen LogP contribution >= 0.6 is 0 Å². The molecule has 0 aromatic rings. The van der Waals surface area contributed by atoms with E-state index in [0.717, 1.165) is 11.8 Å². The number of hydrogen-bond donors (Lipinski definition) is 0. The summed E-state index contributed by atoms with van der Waals surface area (Å²) in [6.45, 7) is 9.72. The van der Waals surface area contributed by atoms with Crippen molar-refractivity contribution in [1.82, 2.24) is 0 Å². The largest absolute Gasteiger partial charge is 0.0840 e. The molecule has 1 saturated carbocycles. The van der Waals surface area contributed by atoms with Gasteiger partial charge in [-0.25, -0.2) is 0 Å². The lowest BCUT2D eigenvalue weighted by Crippen LogP contribution is -2.27. The van der Waals surface area contributed by atoms with Crippen LogP contribution in [0.4, 0.5) is 0 Å². The second-order valence-electron chi connectivity index (χ2n) is 6.84. The van der Waals surface area contributed by atoms with Gasteiger partial charge in [-0.2, -0.15) is 0 Å². The predicted octanol–water partition coefficient (Wildman–Crippen LogP) is 5.20. The Morgan fingerprint density at radius 2 is 1.88 bits per heavy atom. The number of fused-ring (bicyclic) bond motifs is 2. The summed E-state index contributed by atoms with van der Waals surface area (Å²) in [5.74, 6) is 1.83. The topological polar surface area (TPSA) is 0 Å². The number of rotatable bonds is 5. The minimum absolute atomic E-state index is 0.493. The van der Waals surface area contributed by atoms with Gasteiger partial charge in [0.25, 0.3) is 0 Å². The van der Waals surface area contributed by atoms with Crippen molar-refractivity contribution >= 4 is 0 Å². The number of allylic oxidation sites excluding steroid dienone is 2. The Bertz CT molecular complexity index is 274. The molecule has 0 radical (unpaired) electrons. The van der Waals surface area contributed by atoms with Gasteiger partial charge in [-0.1, -0.05) is 65.5 Å². The van der Waals surface area contributed by atoms with Crippen molar-refractivity contribution in [3.8, 4) is 0 Å². The van der Waals surface area contributed by atoms with E-state index in [1.54, 1.807) is 0 Å². The van der Waals surface area contributed by atoms with E-state index in [1.165, 1.54) is 38.5 Å². The van der Waals surface area contributed by atoms with Crippen LogP contribution in [0.5, 0.6) is 0 Å². The second-order valence-corrected chi connectivity index (χ2v) is 6.84. The van der Waals surface area contributed by atoms with Crippen molar-refractivity contribution < 1.29 is 0 Å². The molecule has 2 rings (SSSR count). The fraction of sp³-hybridized carbons (Fsp3) is 0.875. The van der Waals surface area contributed by atoms with Crippen LogP contribution in [0.15, 0.2) is 12.2 Å². The average Bonchev–Trinajstić information content (AvgIpc) is 2.55. The van der Waals surface area contributed by atoms with Crippen LogP contribution in [0.2, 0.25) is 0 Å². The molecular formula is C16H28. The molecule has 0 heteroatoms. The monoisotopic (exact) mass is 220 g/mol. The molecule has 0 aromatic carbocycles. The van der Waals surface area contributed by atoms with Gasteiger partial charge >= 0.3 is 0 Å². The maximum atomic E-state index is 2.52. The van der Waals surface area contributed by atoms with Crippen LogP contribution in [0.25, 0.3) is 0 Å². The molecule has 16 heavy (non-hydrogen) atoms. The maximum absolute atomic E-state index is 2.52. The third-order valence-electron chi connectivity index (χ3n) is 5.60. The molecule has 0 nitrogen and oxygen atoms in total. The second kappa shape index (κ2) is 4.20. The molecule has 0 heterocycles. The normalized spacial score (nSPS) is 39.5. The van der Waals surface area contributed by atoms with Crippen LogP contribution in [0.1, 0.15) is 66.2 Å². The fourth-order valence-corrected chi connectivity index (χ4v) is 4.02. The highest BCUT2D eigenvalue weighted by molar-refractivity contribution is 5.24. The zero-order chi connectivity index (χ0) is 11.8. The minimum atomic E-state index is 0.493. The Balaban J connectivity index is 1.89. The van der Waals surface area contributed by atoms with Crippen LogP contribution in [-0.4, -0.2) is 0 Å². The van der Waals surface area contributed by atoms with Gasteiger partial charge in [0, 0.05) is 0 Å². The molecular weight excluding hydrogens is 192 g/mol. The molecule has 0 aromatic heterocycles. The Kier molecular flexibility index (Phi) is 3.20. The van der Waals surface area contributed by atoms with Crippen LogP contribution in [0.3, 0.4) is 0 Å². The summed E-state index contributed by atoms with van der Waals surface area (Å²) in [7, 11) is 0. The highest BCUT2D eigenvalue weighted by Crippen LogP contribution is 2.64. The summed E-state index contributed by atoms with van der Waals surface area (Å²) >= 11 is 0. The summed E-state index contributed by atoms with van der Waals surface area (Å²) in [5, 5.41) is 0. The lowest BCUT2D eigenvalue weighted by molar-refractivity contribution is 0.178. The quantitative estimate of drug-likeness (QED) is 0.441. The van der Waals surface area contributed by atoms with Crippen LogP contribution < -0.4 is 0 Å². The molecule has 0 N–H and O–H groups in total. The smallest absolute Gasteiger partial charge is 0.00867 e. The van der Waals surface area contributed by atoms with Crippen LogP contribution in [0, 0.1) is 22.7 Å². The molecule has 3 unspecified atom stereocenters. The molecule has 3 atom stereocenters. The third-order valence-corrected chi connectivity index (χ3v) is 5.60. The first-order valence-electron chi connectivity index (χ1n) is 7.20. The molecule has 92 valence electrons. The first-order chi connectivity index (χ1) is 7.51. The fourth-order valence-electron chi connectivity index (χ4n) is 4.02. The molecule has 2 bridgehead atoms. The van der Waals surface area contributed by atoms with E-state index in [-0.39, 0.29) is 0 Å². The summed E-state index contributed by atoms with van der Waals surface area (Å²) in [5.41, 5.74) is 1.01. The number of unbranched alkanes of at least 4 members (excludes halogenated alkanes) is 3. The Morgan fingerprint density at radius 1 is 1.12 bits per heavy atom. The van der Waals surface area contributed by atoms with Gasteiger partial charge in [-0.3, -0.25) is 0 Å². The van der Waals surface area contributed by atoms with E-state index in [0.29, 0.717) is 10.8 Å². The molecule has 2 aliphatic rings. The lowest BCUT2D eigenvalue weighted by Gasteiger charge is -2.33. The van der Waals surface area contributed by atoms with E-state index in [1.807, 2.05) is 0 Å². The Morgan fingerprint density at radius 3 is 2.38 bits per heavy atom. The van der Waals surface area contributed by atoms with Gasteiger partial charge in [0.2, 0.25) is 0 Å². The van der Waals surface area contributed by atoms with E-state index >= 15 is 0 Å². The van der Waals surface area contributed by atoms with Gasteiger partial charge < -0.3 is 0 Å². The highest BCUT2D eigenvalue weighted by Gasteiger charge is 2.56. The molecule has 2 aliphatic carbocycles. The molecule has 0 saturated heterocycles. The average molecular weight is 220 g/mol. The SMILES string of the molecule is CCCCCCC1CC2(C)C=CC1C2(C)C. The molecule has 0 spiro atoms. The minimum Gasteiger partial charge on any atom is -0.0840 e. The van der Waals surface area contributed by atoms with Crippen molar-refractivity contribution in [2.24, 2.45) is 22.7 Å². The van der Waals surface area contributed by atoms with E-state index < -0.39 is 0 Å². The van der Waals surface area contributed by atoms with Gasteiger partial charge in [-0.05, 0) is 35.5 Å². The van der Waals surface area contributed by atoms with Gasteiger partial charge in [0.05, 0.1) is 0 Å². The zero-order valence-electron chi connectivity index (χ0n) is 11.6. The Hall–Kier alpha value is -0.260. The summed E-state index contributed by atoms with van der Waals surface area (Å²) in [6.07, 6.45) is 13.6. The Labute approximate surface area is 102 Å². The van der Waals surface area contributed by atoms with Crippen molar-refractivity contribution in [2.45, 2.75) is 66.2 Å². The van der Waals surface area contributed by atoms with Crippen molar-refractivity contribution in [1.29, 1.82) is 0 Å². The maximum Gasteiger partial charge on any atom is -0.00867 e. The first kappa shape index (κ1) is 12.2. The van der Waals surface area contributed by atoms with Gasteiger partial charge in [0.1, 0.15) is 0 Å². The summed E-state index contributed by atoms with van der Waals surface area (Å²) in [6, 6.07) is 0. The first-order valence-corrected chi connectivity index (χ1v) is 7.20. The van der Waals surface area contributed by atoms with Crippen molar-refractivity contribution in [3.05, 3.63) is 12.2 Å².